The standard InChI is InChI=1S/C8H14BF3NO/c10-9(11,12)6-13-4-5-14-8-3-1-2-7(8)13/h7-8H,1-6H2/q-1. The molecule has 0 amide bonds. The van der Waals surface area contributed by atoms with E-state index >= 15 is 0 Å². The van der Waals surface area contributed by atoms with Crippen LogP contribution in [0.1, 0.15) is 19.3 Å². The predicted octanol–water partition coefficient (Wildman–Crippen LogP) is 1.63. The van der Waals surface area contributed by atoms with E-state index in [9.17, 15) is 12.9 Å². The van der Waals surface area contributed by atoms with Crippen molar-refractivity contribution in [3.63, 3.8) is 0 Å². The largest absolute Gasteiger partial charge is 0.492 e. The zero-order valence-corrected chi connectivity index (χ0v) is 7.96. The Kier molecular flexibility index (Phi) is 2.75. The van der Waals surface area contributed by atoms with Crippen LogP contribution >= 0.6 is 0 Å². The third-order valence-electron chi connectivity index (χ3n) is 3.04. The highest BCUT2D eigenvalue weighted by Gasteiger charge is 2.39. The molecular weight excluding hydrogens is 194 g/mol. The van der Waals surface area contributed by atoms with E-state index in [0.717, 1.165) is 19.3 Å². The zero-order valence-electron chi connectivity index (χ0n) is 7.96. The minimum Gasteiger partial charge on any atom is -0.448 e. The first-order chi connectivity index (χ1) is 6.56. The molecule has 82 valence electrons. The maximum absolute atomic E-state index is 12.3. The summed E-state index contributed by atoms with van der Waals surface area (Å²) in [5.41, 5.74) is 0. The van der Waals surface area contributed by atoms with Crippen molar-refractivity contribution in [2.24, 2.45) is 0 Å². The quantitative estimate of drug-likeness (QED) is 0.639. The molecule has 0 aromatic rings. The van der Waals surface area contributed by atoms with Gasteiger partial charge in [-0.2, -0.15) is 0 Å². The summed E-state index contributed by atoms with van der Waals surface area (Å²) in [5, 5.41) is 0. The summed E-state index contributed by atoms with van der Waals surface area (Å²) >= 11 is 0. The van der Waals surface area contributed by atoms with Crippen molar-refractivity contribution >= 4 is 6.98 Å². The highest BCUT2D eigenvalue weighted by Crippen LogP contribution is 2.30. The van der Waals surface area contributed by atoms with Crippen LogP contribution < -0.4 is 0 Å². The molecule has 0 spiro atoms. The SMILES string of the molecule is F[B-](F)(F)CN1CCOC2CCCC21. The van der Waals surface area contributed by atoms with Gasteiger partial charge in [-0.15, -0.1) is 0 Å². The van der Waals surface area contributed by atoms with Crippen molar-refractivity contribution in [1.82, 2.24) is 4.90 Å². The fraction of sp³-hybridized carbons (Fsp3) is 1.00. The molecule has 0 N–H and O–H groups in total. The van der Waals surface area contributed by atoms with E-state index < -0.39 is 13.4 Å². The van der Waals surface area contributed by atoms with Crippen molar-refractivity contribution in [1.29, 1.82) is 0 Å². The highest BCUT2D eigenvalue weighted by molar-refractivity contribution is 6.58. The molecule has 2 unspecified atom stereocenters. The van der Waals surface area contributed by atoms with Crippen molar-refractivity contribution in [2.75, 3.05) is 19.6 Å². The molecule has 1 aliphatic heterocycles. The van der Waals surface area contributed by atoms with Gasteiger partial charge in [0.25, 0.3) is 0 Å². The van der Waals surface area contributed by atoms with Crippen LogP contribution in [-0.4, -0.2) is 43.6 Å². The molecule has 1 saturated heterocycles. The van der Waals surface area contributed by atoms with E-state index in [0.29, 0.717) is 13.2 Å². The van der Waals surface area contributed by atoms with Crippen molar-refractivity contribution < 1.29 is 17.7 Å². The van der Waals surface area contributed by atoms with Crippen LogP contribution in [-0.2, 0) is 4.74 Å². The van der Waals surface area contributed by atoms with E-state index in [1.807, 2.05) is 0 Å². The number of morpholine rings is 1. The smallest absolute Gasteiger partial charge is 0.448 e. The molecular formula is C8H14BF3NO-. The topological polar surface area (TPSA) is 12.5 Å². The lowest BCUT2D eigenvalue weighted by Gasteiger charge is -2.40. The summed E-state index contributed by atoms with van der Waals surface area (Å²) in [6, 6.07) is 0.0206. The van der Waals surface area contributed by atoms with Crippen LogP contribution in [0.25, 0.3) is 0 Å². The van der Waals surface area contributed by atoms with Crippen LogP contribution in [0.3, 0.4) is 0 Å². The summed E-state index contributed by atoms with van der Waals surface area (Å²) in [7, 11) is 0. The van der Waals surface area contributed by atoms with Gasteiger partial charge in [0.2, 0.25) is 0 Å². The van der Waals surface area contributed by atoms with Crippen LogP contribution in [0.15, 0.2) is 0 Å². The molecule has 14 heavy (non-hydrogen) atoms. The number of ether oxygens (including phenoxy) is 1. The second kappa shape index (κ2) is 3.74. The zero-order chi connectivity index (χ0) is 10.2. The molecule has 0 aromatic heterocycles. The monoisotopic (exact) mass is 208 g/mol. The van der Waals surface area contributed by atoms with Gasteiger partial charge in [0, 0.05) is 12.6 Å². The Bertz CT molecular complexity index is 211. The Morgan fingerprint density at radius 1 is 1.29 bits per heavy atom. The lowest BCUT2D eigenvalue weighted by molar-refractivity contribution is -0.0514. The third-order valence-corrected chi connectivity index (χ3v) is 3.04. The number of rotatable bonds is 2. The number of nitrogens with zero attached hydrogens (tertiary/aromatic N) is 1. The van der Waals surface area contributed by atoms with Crippen LogP contribution in [0.5, 0.6) is 0 Å². The molecule has 0 radical (unpaired) electrons. The minimum absolute atomic E-state index is 0.0206. The van der Waals surface area contributed by atoms with E-state index in [-0.39, 0.29) is 12.1 Å². The van der Waals surface area contributed by atoms with Gasteiger partial charge in [-0.25, -0.2) is 0 Å². The van der Waals surface area contributed by atoms with Gasteiger partial charge in [-0.05, 0) is 25.7 Å². The van der Waals surface area contributed by atoms with E-state index in [1.54, 1.807) is 4.90 Å². The second-order valence-corrected chi connectivity index (χ2v) is 4.11. The van der Waals surface area contributed by atoms with Gasteiger partial charge in [0.05, 0.1) is 12.7 Å². The maximum Gasteiger partial charge on any atom is 0.492 e. The predicted molar refractivity (Wildman–Crippen MR) is 48.0 cm³/mol. The Labute approximate surface area is 81.5 Å². The first kappa shape index (κ1) is 10.3. The summed E-state index contributed by atoms with van der Waals surface area (Å²) in [6.07, 6.45) is 2.12. The first-order valence-electron chi connectivity index (χ1n) is 5.13. The molecule has 2 fully saturated rings. The Morgan fingerprint density at radius 2 is 2.07 bits per heavy atom. The van der Waals surface area contributed by atoms with Crippen LogP contribution in [0.4, 0.5) is 12.9 Å². The normalized spacial score (nSPS) is 34.5. The van der Waals surface area contributed by atoms with Crippen molar-refractivity contribution in [3.8, 4) is 0 Å². The van der Waals surface area contributed by atoms with Crippen LogP contribution in [0.2, 0.25) is 0 Å². The van der Waals surface area contributed by atoms with Gasteiger partial charge in [-0.3, -0.25) is 0 Å². The Morgan fingerprint density at radius 3 is 2.79 bits per heavy atom. The van der Waals surface area contributed by atoms with Crippen LogP contribution in [0, 0.1) is 0 Å². The summed E-state index contributed by atoms with van der Waals surface area (Å²) in [4.78, 5) is 1.56. The highest BCUT2D eigenvalue weighted by atomic mass is 19.4. The lowest BCUT2D eigenvalue weighted by atomic mass is 9.89. The molecule has 1 aliphatic carbocycles. The molecule has 2 nitrogen and oxygen atoms in total. The molecule has 2 atom stereocenters. The summed E-state index contributed by atoms with van der Waals surface area (Å²) < 4.78 is 42.3. The molecule has 2 aliphatic rings. The van der Waals surface area contributed by atoms with E-state index in [4.69, 9.17) is 4.74 Å². The average molecular weight is 208 g/mol. The third kappa shape index (κ3) is 2.23. The lowest BCUT2D eigenvalue weighted by Crippen LogP contribution is -2.52. The number of fused-ring (bicyclic) bond motifs is 1. The molecule has 6 heteroatoms. The molecule has 0 aromatic carbocycles. The van der Waals surface area contributed by atoms with Gasteiger partial charge in [0.1, 0.15) is 0 Å². The summed E-state index contributed by atoms with van der Waals surface area (Å²) in [5.74, 6) is 0. The molecule has 2 rings (SSSR count). The molecule has 1 heterocycles. The average Bonchev–Trinajstić information content (AvgIpc) is 2.49. The number of halogens is 3. The number of hydrogen-bond donors (Lipinski definition) is 0. The first-order valence-corrected chi connectivity index (χ1v) is 5.13. The Balaban J connectivity index is 1.97. The van der Waals surface area contributed by atoms with E-state index in [2.05, 4.69) is 0 Å². The van der Waals surface area contributed by atoms with Gasteiger partial charge in [-0.1, -0.05) is 0 Å². The van der Waals surface area contributed by atoms with Gasteiger partial charge < -0.3 is 22.6 Å². The van der Waals surface area contributed by atoms with Crippen molar-refractivity contribution in [2.45, 2.75) is 31.4 Å². The Hall–Kier alpha value is -0.225. The fourth-order valence-electron chi connectivity index (χ4n) is 2.50. The number of hydrogen-bond acceptors (Lipinski definition) is 2. The minimum atomic E-state index is -4.69. The van der Waals surface area contributed by atoms with Crippen molar-refractivity contribution in [3.05, 3.63) is 0 Å². The second-order valence-electron chi connectivity index (χ2n) is 4.11. The maximum atomic E-state index is 12.3. The van der Waals surface area contributed by atoms with E-state index in [1.165, 1.54) is 0 Å². The summed E-state index contributed by atoms with van der Waals surface area (Å²) in [6.45, 7) is -3.80. The molecule has 1 saturated carbocycles. The fourth-order valence-corrected chi connectivity index (χ4v) is 2.50. The molecule has 0 bridgehead atoms. The van der Waals surface area contributed by atoms with Gasteiger partial charge in [0.15, 0.2) is 0 Å². The van der Waals surface area contributed by atoms with Gasteiger partial charge >= 0.3 is 6.98 Å².